The summed E-state index contributed by atoms with van der Waals surface area (Å²) in [5.41, 5.74) is 0. The summed E-state index contributed by atoms with van der Waals surface area (Å²) in [6, 6.07) is 3.66. The van der Waals surface area contributed by atoms with E-state index in [1.54, 1.807) is 18.4 Å². The van der Waals surface area contributed by atoms with Crippen molar-refractivity contribution in [2.45, 2.75) is 24.8 Å². The van der Waals surface area contributed by atoms with Gasteiger partial charge in [-0.25, -0.2) is 18.4 Å². The molecule has 8 heteroatoms. The van der Waals surface area contributed by atoms with Gasteiger partial charge in [-0.2, -0.15) is 4.31 Å². The van der Waals surface area contributed by atoms with E-state index in [1.165, 1.54) is 16.7 Å². The molecule has 1 atom stereocenters. The fraction of sp³-hybridized carbons (Fsp3) is 0.333. The van der Waals surface area contributed by atoms with Crippen LogP contribution in [0, 0.1) is 6.92 Å². The lowest BCUT2D eigenvalue weighted by Crippen LogP contribution is -2.29. The summed E-state index contributed by atoms with van der Waals surface area (Å²) in [5.74, 6) is 0. The second kappa shape index (κ2) is 5.77. The first-order valence-corrected chi connectivity index (χ1v) is 8.47. The van der Waals surface area contributed by atoms with Crippen LogP contribution < -0.4 is 0 Å². The van der Waals surface area contributed by atoms with Crippen molar-refractivity contribution in [3.8, 4) is 0 Å². The molecule has 0 aliphatic heterocycles. The van der Waals surface area contributed by atoms with Gasteiger partial charge in [-0.1, -0.05) is 0 Å². The Balaban J connectivity index is 2.31. The van der Waals surface area contributed by atoms with Crippen LogP contribution in [0.5, 0.6) is 0 Å². The Labute approximate surface area is 127 Å². The smallest absolute Gasteiger partial charge is 0.225 e. The predicted octanol–water partition coefficient (Wildman–Crippen LogP) is 2.88. The third-order valence-corrected chi connectivity index (χ3v) is 6.24. The lowest BCUT2D eigenvalue weighted by Gasteiger charge is -2.23. The van der Waals surface area contributed by atoms with E-state index >= 15 is 0 Å². The molecule has 0 radical (unpaired) electrons. The molecule has 1 unspecified atom stereocenters. The molecule has 0 saturated carbocycles. The van der Waals surface area contributed by atoms with Crippen LogP contribution in [0.2, 0.25) is 5.28 Å². The number of aryl methyl sites for hydroxylation is 1. The van der Waals surface area contributed by atoms with Crippen molar-refractivity contribution < 1.29 is 8.42 Å². The average Bonchev–Trinajstić information content (AvgIpc) is 2.84. The van der Waals surface area contributed by atoms with Crippen LogP contribution >= 0.6 is 22.9 Å². The Kier molecular flexibility index (Phi) is 4.43. The van der Waals surface area contributed by atoms with Crippen LogP contribution in [0.1, 0.15) is 22.7 Å². The average molecular weight is 332 g/mol. The highest BCUT2D eigenvalue weighted by Crippen LogP contribution is 2.29. The van der Waals surface area contributed by atoms with Crippen molar-refractivity contribution in [2.75, 3.05) is 7.05 Å². The maximum Gasteiger partial charge on any atom is 0.246 e. The van der Waals surface area contributed by atoms with Crippen molar-refractivity contribution in [1.29, 1.82) is 0 Å². The Morgan fingerprint density at radius 1 is 1.30 bits per heavy atom. The van der Waals surface area contributed by atoms with Gasteiger partial charge in [0.2, 0.25) is 15.3 Å². The highest BCUT2D eigenvalue weighted by Gasteiger charge is 2.27. The zero-order chi connectivity index (χ0) is 14.9. The molecule has 0 aliphatic rings. The molecule has 0 spiro atoms. The van der Waals surface area contributed by atoms with Gasteiger partial charge in [-0.3, -0.25) is 0 Å². The molecular formula is C12H14ClN3O2S2. The standard InChI is InChI=1S/C12H14ClN3O2S2/c1-8-4-5-11(19-8)9(2)16(3)20(17,18)10-6-14-12(13)15-7-10/h4-7,9H,1-3H3. The molecule has 2 aromatic heterocycles. The minimum Gasteiger partial charge on any atom is -0.225 e. The van der Waals surface area contributed by atoms with E-state index in [4.69, 9.17) is 11.6 Å². The number of sulfonamides is 1. The number of halogens is 1. The molecule has 20 heavy (non-hydrogen) atoms. The summed E-state index contributed by atoms with van der Waals surface area (Å²) >= 11 is 7.15. The molecular weight excluding hydrogens is 318 g/mol. The van der Waals surface area contributed by atoms with Gasteiger partial charge >= 0.3 is 0 Å². The molecule has 5 nitrogen and oxygen atoms in total. The van der Waals surface area contributed by atoms with Crippen molar-refractivity contribution >= 4 is 33.0 Å². The van der Waals surface area contributed by atoms with Gasteiger partial charge in [0.1, 0.15) is 4.90 Å². The van der Waals surface area contributed by atoms with Gasteiger partial charge in [-0.15, -0.1) is 11.3 Å². The zero-order valence-electron chi connectivity index (χ0n) is 11.2. The van der Waals surface area contributed by atoms with E-state index in [0.29, 0.717) is 0 Å². The largest absolute Gasteiger partial charge is 0.246 e. The van der Waals surface area contributed by atoms with E-state index in [1.807, 2.05) is 26.0 Å². The van der Waals surface area contributed by atoms with Gasteiger partial charge in [0, 0.05) is 16.8 Å². The first-order valence-electron chi connectivity index (χ1n) is 5.84. The molecule has 0 amide bonds. The summed E-state index contributed by atoms with van der Waals surface area (Å²) in [5, 5.41) is 0.0218. The highest BCUT2D eigenvalue weighted by atomic mass is 35.5. The molecule has 108 valence electrons. The van der Waals surface area contributed by atoms with Crippen LogP contribution in [-0.4, -0.2) is 29.7 Å². The molecule has 0 bridgehead atoms. The van der Waals surface area contributed by atoms with E-state index in [9.17, 15) is 8.42 Å². The Morgan fingerprint density at radius 3 is 2.40 bits per heavy atom. The summed E-state index contributed by atoms with van der Waals surface area (Å²) in [4.78, 5) is 9.60. The third-order valence-electron chi connectivity index (χ3n) is 2.99. The molecule has 2 rings (SSSR count). The monoisotopic (exact) mass is 331 g/mol. The lowest BCUT2D eigenvalue weighted by molar-refractivity contribution is 0.402. The van der Waals surface area contributed by atoms with Crippen LogP contribution in [0.3, 0.4) is 0 Å². The number of rotatable bonds is 4. The van der Waals surface area contributed by atoms with Gasteiger partial charge in [-0.05, 0) is 37.6 Å². The number of hydrogen-bond acceptors (Lipinski definition) is 5. The van der Waals surface area contributed by atoms with E-state index < -0.39 is 10.0 Å². The molecule has 0 aromatic carbocycles. The second-order valence-corrected chi connectivity index (χ2v) is 7.99. The third kappa shape index (κ3) is 3.01. The maximum absolute atomic E-state index is 12.5. The van der Waals surface area contributed by atoms with Crippen molar-refractivity contribution in [2.24, 2.45) is 0 Å². The van der Waals surface area contributed by atoms with E-state index in [2.05, 4.69) is 9.97 Å². The molecule has 2 aromatic rings. The van der Waals surface area contributed by atoms with E-state index in [0.717, 1.165) is 9.75 Å². The molecule has 0 aliphatic carbocycles. The number of thiophene rings is 1. The van der Waals surface area contributed by atoms with Gasteiger partial charge in [0.15, 0.2) is 0 Å². The first kappa shape index (κ1) is 15.4. The molecule has 0 fully saturated rings. The Bertz CT molecular complexity index is 698. The zero-order valence-corrected chi connectivity index (χ0v) is 13.6. The minimum atomic E-state index is -3.64. The maximum atomic E-state index is 12.5. The number of nitrogens with zero attached hydrogens (tertiary/aromatic N) is 3. The summed E-state index contributed by atoms with van der Waals surface area (Å²) in [6.45, 7) is 3.84. The van der Waals surface area contributed by atoms with Crippen molar-refractivity contribution in [3.63, 3.8) is 0 Å². The molecule has 0 N–H and O–H groups in total. The van der Waals surface area contributed by atoms with Gasteiger partial charge < -0.3 is 0 Å². The van der Waals surface area contributed by atoms with Crippen LogP contribution in [0.15, 0.2) is 29.4 Å². The summed E-state index contributed by atoms with van der Waals surface area (Å²) < 4.78 is 26.3. The fourth-order valence-electron chi connectivity index (χ4n) is 1.67. The predicted molar refractivity (Wildman–Crippen MR) is 79.5 cm³/mol. The molecule has 0 saturated heterocycles. The summed E-state index contributed by atoms with van der Waals surface area (Å²) in [6.07, 6.45) is 2.43. The lowest BCUT2D eigenvalue weighted by atomic mass is 10.3. The SMILES string of the molecule is Cc1ccc(C(C)N(C)S(=O)(=O)c2cnc(Cl)nc2)s1. The first-order chi connectivity index (χ1) is 9.32. The quantitative estimate of drug-likeness (QED) is 0.808. The Hall–Kier alpha value is -1.02. The highest BCUT2D eigenvalue weighted by molar-refractivity contribution is 7.89. The number of aromatic nitrogens is 2. The fourth-order valence-corrected chi connectivity index (χ4v) is 4.04. The van der Waals surface area contributed by atoms with E-state index in [-0.39, 0.29) is 16.2 Å². The van der Waals surface area contributed by atoms with Crippen LogP contribution in [0.4, 0.5) is 0 Å². The second-order valence-electron chi connectivity index (χ2n) is 4.33. The van der Waals surface area contributed by atoms with Crippen molar-refractivity contribution in [1.82, 2.24) is 14.3 Å². The van der Waals surface area contributed by atoms with Crippen LogP contribution in [0.25, 0.3) is 0 Å². The topological polar surface area (TPSA) is 63.2 Å². The number of hydrogen-bond donors (Lipinski definition) is 0. The van der Waals surface area contributed by atoms with Crippen molar-refractivity contribution in [3.05, 3.63) is 39.6 Å². The van der Waals surface area contributed by atoms with Gasteiger partial charge in [0.25, 0.3) is 0 Å². The summed E-state index contributed by atoms with van der Waals surface area (Å²) in [7, 11) is -2.09. The normalized spacial score (nSPS) is 13.7. The van der Waals surface area contributed by atoms with Gasteiger partial charge in [0.05, 0.1) is 18.4 Å². The molecule has 2 heterocycles. The minimum absolute atomic E-state index is 0.0218. The Morgan fingerprint density at radius 2 is 1.90 bits per heavy atom. The van der Waals surface area contributed by atoms with Crippen LogP contribution in [-0.2, 0) is 10.0 Å².